The number of hydrogen-bond acceptors (Lipinski definition) is 6. The molecule has 5 N–H and O–H groups in total. The highest BCUT2D eigenvalue weighted by Gasteiger charge is 2.17. The van der Waals surface area contributed by atoms with E-state index >= 15 is 0 Å². The summed E-state index contributed by atoms with van der Waals surface area (Å²) >= 11 is 0. The lowest BCUT2D eigenvalue weighted by atomic mass is 10.1. The Morgan fingerprint density at radius 3 is 2.77 bits per heavy atom. The van der Waals surface area contributed by atoms with Crippen LogP contribution in [-0.2, 0) is 11.2 Å². The van der Waals surface area contributed by atoms with Crippen molar-refractivity contribution in [3.63, 3.8) is 0 Å². The lowest BCUT2D eigenvalue weighted by molar-refractivity contribution is -0.117. The van der Waals surface area contributed by atoms with Crippen molar-refractivity contribution in [1.82, 2.24) is 0 Å². The molecular weight excluding hydrogens is 334 g/mol. The van der Waals surface area contributed by atoms with Gasteiger partial charge in [-0.1, -0.05) is 19.8 Å². The van der Waals surface area contributed by atoms with Gasteiger partial charge < -0.3 is 25.9 Å². The van der Waals surface area contributed by atoms with E-state index < -0.39 is 6.04 Å². The first-order chi connectivity index (χ1) is 12.5. The van der Waals surface area contributed by atoms with E-state index in [-0.39, 0.29) is 11.3 Å². The fourth-order valence-corrected chi connectivity index (χ4v) is 2.77. The summed E-state index contributed by atoms with van der Waals surface area (Å²) in [4.78, 5) is 24.8. The molecule has 1 aromatic heterocycles. The topological polar surface area (TPSA) is 121 Å². The second-order valence-electron chi connectivity index (χ2n) is 6.27. The average molecular weight is 361 g/mol. The standard InChI is InChI=1S/C19H27N3O4/c1-3-6-12-11-26-16-10-15(17(25-2)9-13(16)18(12)23)22-19(24)14(21)7-4-5-8-20/h9-11,14H,3-8,20-21H2,1-2H3,(H,22,24). The number of anilines is 1. The molecule has 0 aliphatic rings. The number of amides is 1. The molecule has 0 spiro atoms. The monoisotopic (exact) mass is 361 g/mol. The van der Waals surface area contributed by atoms with Gasteiger partial charge in [0.05, 0.1) is 30.5 Å². The number of nitrogens with two attached hydrogens (primary N) is 2. The normalized spacial score (nSPS) is 12.2. The lowest BCUT2D eigenvalue weighted by Crippen LogP contribution is -2.35. The number of fused-ring (bicyclic) bond motifs is 1. The van der Waals surface area contributed by atoms with Crippen LogP contribution in [0.25, 0.3) is 11.0 Å². The number of nitrogens with one attached hydrogen (secondary N) is 1. The van der Waals surface area contributed by atoms with Crippen LogP contribution in [0, 0.1) is 0 Å². The zero-order valence-corrected chi connectivity index (χ0v) is 15.3. The molecule has 1 atom stereocenters. The molecule has 0 radical (unpaired) electrons. The van der Waals surface area contributed by atoms with E-state index in [2.05, 4.69) is 5.32 Å². The maximum absolute atomic E-state index is 12.5. The molecule has 0 fully saturated rings. The van der Waals surface area contributed by atoms with Crippen LogP contribution >= 0.6 is 0 Å². The summed E-state index contributed by atoms with van der Waals surface area (Å²) in [6.07, 6.45) is 5.14. The molecule has 2 rings (SSSR count). The summed E-state index contributed by atoms with van der Waals surface area (Å²) in [5.74, 6) is 0.0746. The van der Waals surface area contributed by atoms with Gasteiger partial charge in [0.15, 0.2) is 5.43 Å². The Kier molecular flexibility index (Phi) is 7.17. The summed E-state index contributed by atoms with van der Waals surface area (Å²) < 4.78 is 10.9. The van der Waals surface area contributed by atoms with Gasteiger partial charge in [-0.3, -0.25) is 9.59 Å². The van der Waals surface area contributed by atoms with E-state index in [1.807, 2.05) is 6.92 Å². The number of hydrogen-bond donors (Lipinski definition) is 3. The SMILES string of the molecule is CCCc1coc2cc(NC(=O)C(N)CCCCN)c(OC)cc2c1=O. The highest BCUT2D eigenvalue weighted by atomic mass is 16.5. The number of rotatable bonds is 9. The Balaban J connectivity index is 2.28. The molecule has 1 aromatic carbocycles. The van der Waals surface area contributed by atoms with E-state index in [4.69, 9.17) is 20.6 Å². The molecule has 0 aliphatic heterocycles. The van der Waals surface area contributed by atoms with Crippen molar-refractivity contribution < 1.29 is 13.9 Å². The van der Waals surface area contributed by atoms with Crippen molar-refractivity contribution in [2.75, 3.05) is 19.0 Å². The summed E-state index contributed by atoms with van der Waals surface area (Å²) in [7, 11) is 1.48. The molecule has 26 heavy (non-hydrogen) atoms. The highest BCUT2D eigenvalue weighted by Crippen LogP contribution is 2.29. The summed E-state index contributed by atoms with van der Waals surface area (Å²) in [5, 5.41) is 3.19. The van der Waals surface area contributed by atoms with Crippen molar-refractivity contribution in [3.05, 3.63) is 34.2 Å². The number of unbranched alkanes of at least 4 members (excludes halogenated alkanes) is 1. The van der Waals surface area contributed by atoms with Crippen LogP contribution in [0.1, 0.15) is 38.2 Å². The molecular formula is C19H27N3O4. The van der Waals surface area contributed by atoms with Crippen LogP contribution < -0.4 is 26.9 Å². The minimum absolute atomic E-state index is 0.0808. The Morgan fingerprint density at radius 2 is 2.12 bits per heavy atom. The summed E-state index contributed by atoms with van der Waals surface area (Å²) in [6, 6.07) is 2.55. The van der Waals surface area contributed by atoms with E-state index in [1.165, 1.54) is 13.4 Å². The van der Waals surface area contributed by atoms with Crippen LogP contribution in [0.3, 0.4) is 0 Å². The Morgan fingerprint density at radius 1 is 1.35 bits per heavy atom. The molecule has 142 valence electrons. The van der Waals surface area contributed by atoms with Crippen LogP contribution in [-0.4, -0.2) is 25.6 Å². The molecule has 1 amide bonds. The molecule has 0 saturated heterocycles. The summed E-state index contributed by atoms with van der Waals surface area (Å²) in [5.41, 5.74) is 12.7. The van der Waals surface area contributed by atoms with Crippen molar-refractivity contribution in [2.45, 2.75) is 45.1 Å². The maximum Gasteiger partial charge on any atom is 0.241 e. The third-order valence-corrected chi connectivity index (χ3v) is 4.25. The van der Waals surface area contributed by atoms with Gasteiger partial charge >= 0.3 is 0 Å². The first-order valence-electron chi connectivity index (χ1n) is 8.90. The van der Waals surface area contributed by atoms with Crippen molar-refractivity contribution >= 4 is 22.6 Å². The van der Waals surface area contributed by atoms with E-state index in [0.29, 0.717) is 47.4 Å². The molecule has 0 saturated carbocycles. The highest BCUT2D eigenvalue weighted by molar-refractivity contribution is 5.98. The van der Waals surface area contributed by atoms with Gasteiger partial charge in [-0.15, -0.1) is 0 Å². The Bertz CT molecular complexity index is 816. The second kappa shape index (κ2) is 9.35. The van der Waals surface area contributed by atoms with Gasteiger partial charge in [0.25, 0.3) is 0 Å². The number of benzene rings is 1. The number of aryl methyl sites for hydroxylation is 1. The van der Waals surface area contributed by atoms with E-state index in [9.17, 15) is 9.59 Å². The predicted molar refractivity (Wildman–Crippen MR) is 103 cm³/mol. The van der Waals surface area contributed by atoms with Gasteiger partial charge in [-0.05, 0) is 31.9 Å². The number of ether oxygens (including phenoxy) is 1. The second-order valence-corrected chi connectivity index (χ2v) is 6.27. The van der Waals surface area contributed by atoms with Crippen LogP contribution in [0.2, 0.25) is 0 Å². The minimum Gasteiger partial charge on any atom is -0.495 e. The first-order valence-corrected chi connectivity index (χ1v) is 8.90. The van der Waals surface area contributed by atoms with E-state index in [0.717, 1.165) is 19.3 Å². The lowest BCUT2D eigenvalue weighted by Gasteiger charge is -2.15. The van der Waals surface area contributed by atoms with Crippen LogP contribution in [0.15, 0.2) is 27.6 Å². The predicted octanol–water partition coefficient (Wildman–Crippen LogP) is 2.15. The summed E-state index contributed by atoms with van der Waals surface area (Å²) in [6.45, 7) is 2.57. The zero-order valence-electron chi connectivity index (χ0n) is 15.3. The van der Waals surface area contributed by atoms with Crippen molar-refractivity contribution in [3.8, 4) is 5.75 Å². The largest absolute Gasteiger partial charge is 0.495 e. The third kappa shape index (κ3) is 4.62. The molecule has 0 bridgehead atoms. The van der Waals surface area contributed by atoms with Crippen LogP contribution in [0.5, 0.6) is 5.75 Å². The molecule has 2 aromatic rings. The average Bonchev–Trinajstić information content (AvgIpc) is 2.64. The Labute approximate surface area is 152 Å². The smallest absolute Gasteiger partial charge is 0.241 e. The van der Waals surface area contributed by atoms with E-state index in [1.54, 1.807) is 12.1 Å². The fraction of sp³-hybridized carbons (Fsp3) is 0.474. The number of methoxy groups -OCH3 is 1. The van der Waals surface area contributed by atoms with Crippen LogP contribution in [0.4, 0.5) is 5.69 Å². The fourth-order valence-electron chi connectivity index (χ4n) is 2.77. The third-order valence-electron chi connectivity index (χ3n) is 4.25. The van der Waals surface area contributed by atoms with Gasteiger partial charge in [0.1, 0.15) is 11.3 Å². The number of carbonyl (C=O) groups is 1. The Hall–Kier alpha value is -2.38. The first kappa shape index (κ1) is 19.9. The van der Waals surface area contributed by atoms with Gasteiger partial charge in [-0.2, -0.15) is 0 Å². The van der Waals surface area contributed by atoms with Crippen molar-refractivity contribution in [2.24, 2.45) is 11.5 Å². The zero-order chi connectivity index (χ0) is 19.1. The molecule has 7 heteroatoms. The van der Waals surface area contributed by atoms with Crippen molar-refractivity contribution in [1.29, 1.82) is 0 Å². The molecule has 0 aliphatic carbocycles. The number of carbonyl (C=O) groups excluding carboxylic acids is 1. The molecule has 7 nitrogen and oxygen atoms in total. The molecule has 1 heterocycles. The van der Waals surface area contributed by atoms with Gasteiger partial charge in [0, 0.05) is 11.6 Å². The van der Waals surface area contributed by atoms with Gasteiger partial charge in [0.2, 0.25) is 5.91 Å². The minimum atomic E-state index is -0.638. The van der Waals surface area contributed by atoms with Gasteiger partial charge in [-0.25, -0.2) is 0 Å². The molecule has 1 unspecified atom stereocenters. The maximum atomic E-state index is 12.5. The quantitative estimate of drug-likeness (QED) is 0.589.